The average molecular weight is 454 g/mol. The van der Waals surface area contributed by atoms with Crippen molar-refractivity contribution in [3.63, 3.8) is 0 Å². The molecule has 34 heavy (non-hydrogen) atoms. The van der Waals surface area contributed by atoms with E-state index >= 15 is 0 Å². The maximum absolute atomic E-state index is 12.0. The third-order valence-electron chi connectivity index (χ3n) is 7.33. The molecule has 2 aliphatic rings. The van der Waals surface area contributed by atoms with Crippen LogP contribution in [-0.2, 0) is 13.0 Å². The van der Waals surface area contributed by atoms with Crippen LogP contribution in [0.2, 0.25) is 0 Å². The van der Waals surface area contributed by atoms with Crippen molar-refractivity contribution in [2.24, 2.45) is 0 Å². The largest absolute Gasteiger partial charge is 0.465 e. The van der Waals surface area contributed by atoms with E-state index < -0.39 is 6.09 Å². The zero-order valence-electron chi connectivity index (χ0n) is 19.2. The molecule has 0 aliphatic carbocycles. The van der Waals surface area contributed by atoms with Crippen LogP contribution in [0, 0.1) is 6.92 Å². The second kappa shape index (κ2) is 8.17. The fourth-order valence-electron chi connectivity index (χ4n) is 5.55. The van der Waals surface area contributed by atoms with Crippen LogP contribution in [0.3, 0.4) is 0 Å². The smallest absolute Gasteiger partial charge is 0.407 e. The van der Waals surface area contributed by atoms with Gasteiger partial charge < -0.3 is 19.9 Å². The summed E-state index contributed by atoms with van der Waals surface area (Å²) in [4.78, 5) is 28.0. The lowest BCUT2D eigenvalue weighted by Crippen LogP contribution is -2.34. The Hall–Kier alpha value is -3.87. The van der Waals surface area contributed by atoms with Gasteiger partial charge in [0, 0.05) is 61.1 Å². The molecule has 0 unspecified atom stereocenters. The zero-order chi connectivity index (χ0) is 23.2. The van der Waals surface area contributed by atoms with E-state index in [0.717, 1.165) is 65.8 Å². The standard InChI is InChI=1S/C27H27N5O2/c1-17-14-29-26-22(17)13-20(15-30-26)19-11-18-6-10-31(21-4-7-28-8-5-21)16-24(18)23(12-19)25-3-2-9-32(25)27(33)34/h4-5,7-8,11-15,25H,2-3,6,9-10,16H2,1H3,(H,29,30)(H,33,34)/t25-/m0/s1. The highest BCUT2D eigenvalue weighted by molar-refractivity contribution is 5.84. The number of carboxylic acid groups (broad SMARTS) is 1. The van der Waals surface area contributed by atoms with Crippen molar-refractivity contribution in [2.45, 2.75) is 38.8 Å². The van der Waals surface area contributed by atoms with E-state index in [1.165, 1.54) is 16.7 Å². The van der Waals surface area contributed by atoms with Crippen molar-refractivity contribution < 1.29 is 9.90 Å². The van der Waals surface area contributed by atoms with Gasteiger partial charge in [-0.2, -0.15) is 0 Å². The summed E-state index contributed by atoms with van der Waals surface area (Å²) >= 11 is 0. The summed E-state index contributed by atoms with van der Waals surface area (Å²) in [6, 6.07) is 10.7. The summed E-state index contributed by atoms with van der Waals surface area (Å²) in [6.07, 6.45) is 9.36. The minimum Gasteiger partial charge on any atom is -0.465 e. The van der Waals surface area contributed by atoms with E-state index in [1.807, 2.05) is 36.9 Å². The normalized spacial score (nSPS) is 17.9. The number of H-pyrrole nitrogens is 1. The summed E-state index contributed by atoms with van der Waals surface area (Å²) < 4.78 is 0. The van der Waals surface area contributed by atoms with Crippen LogP contribution in [0.15, 0.2) is 55.1 Å². The summed E-state index contributed by atoms with van der Waals surface area (Å²) in [5.41, 5.74) is 9.09. The number of hydrogen-bond donors (Lipinski definition) is 2. The summed E-state index contributed by atoms with van der Waals surface area (Å²) in [5.74, 6) is 0. The molecule has 3 aromatic heterocycles. The lowest BCUT2D eigenvalue weighted by atomic mass is 9.86. The van der Waals surface area contributed by atoms with Gasteiger partial charge in [-0.05, 0) is 78.3 Å². The first-order valence-electron chi connectivity index (χ1n) is 11.8. The van der Waals surface area contributed by atoms with E-state index in [4.69, 9.17) is 0 Å². The minimum atomic E-state index is -0.838. The number of rotatable bonds is 3. The highest BCUT2D eigenvalue weighted by atomic mass is 16.4. The number of amides is 1. The Kier molecular flexibility index (Phi) is 4.98. The Morgan fingerprint density at radius 2 is 2.00 bits per heavy atom. The number of hydrogen-bond acceptors (Lipinski definition) is 4. The van der Waals surface area contributed by atoms with Crippen LogP contribution in [0.25, 0.3) is 22.2 Å². The first kappa shape index (κ1) is 20.7. The minimum absolute atomic E-state index is 0.116. The number of nitrogens with zero attached hydrogens (tertiary/aromatic N) is 4. The predicted molar refractivity (Wildman–Crippen MR) is 132 cm³/mol. The molecule has 0 saturated carbocycles. The van der Waals surface area contributed by atoms with E-state index in [0.29, 0.717) is 6.54 Å². The second-order valence-electron chi connectivity index (χ2n) is 9.31. The van der Waals surface area contributed by atoms with Crippen molar-refractivity contribution in [3.8, 4) is 11.1 Å². The topological polar surface area (TPSA) is 85.3 Å². The highest BCUT2D eigenvalue weighted by Crippen LogP contribution is 2.40. The molecule has 0 bridgehead atoms. The first-order chi connectivity index (χ1) is 16.6. The van der Waals surface area contributed by atoms with Crippen LogP contribution in [0.1, 0.15) is 41.1 Å². The Labute approximate surface area is 198 Å². The quantitative estimate of drug-likeness (QED) is 0.439. The molecule has 7 heteroatoms. The third-order valence-corrected chi connectivity index (χ3v) is 7.33. The summed E-state index contributed by atoms with van der Waals surface area (Å²) in [7, 11) is 0. The predicted octanol–water partition coefficient (Wildman–Crippen LogP) is 5.31. The third kappa shape index (κ3) is 3.48. The number of anilines is 1. The Morgan fingerprint density at radius 1 is 1.15 bits per heavy atom. The van der Waals surface area contributed by atoms with E-state index in [1.54, 1.807) is 4.90 Å². The molecule has 1 atom stereocenters. The molecular weight excluding hydrogens is 426 g/mol. The van der Waals surface area contributed by atoms with Gasteiger partial charge in [-0.3, -0.25) is 4.98 Å². The van der Waals surface area contributed by atoms with Gasteiger partial charge in [-0.25, -0.2) is 9.78 Å². The van der Waals surface area contributed by atoms with E-state index in [2.05, 4.69) is 45.0 Å². The fourth-order valence-corrected chi connectivity index (χ4v) is 5.55. The molecule has 6 rings (SSSR count). The van der Waals surface area contributed by atoms with Crippen LogP contribution in [-0.4, -0.2) is 44.1 Å². The molecule has 1 saturated heterocycles. The molecule has 172 valence electrons. The number of aromatic nitrogens is 3. The number of benzene rings is 1. The number of fused-ring (bicyclic) bond motifs is 2. The van der Waals surface area contributed by atoms with Crippen molar-refractivity contribution in [1.82, 2.24) is 19.9 Å². The Balaban J connectivity index is 1.48. The van der Waals surface area contributed by atoms with E-state index in [-0.39, 0.29) is 6.04 Å². The molecule has 7 nitrogen and oxygen atoms in total. The Bertz CT molecular complexity index is 1380. The molecule has 4 aromatic rings. The molecule has 2 N–H and O–H groups in total. The lowest BCUT2D eigenvalue weighted by molar-refractivity contribution is 0.140. The second-order valence-corrected chi connectivity index (χ2v) is 9.31. The molecule has 1 aromatic carbocycles. The van der Waals surface area contributed by atoms with E-state index in [9.17, 15) is 9.90 Å². The summed E-state index contributed by atoms with van der Waals surface area (Å²) in [5, 5.41) is 11.0. The zero-order valence-corrected chi connectivity index (χ0v) is 19.2. The van der Waals surface area contributed by atoms with Crippen LogP contribution in [0.4, 0.5) is 10.5 Å². The number of carbonyl (C=O) groups is 1. The van der Waals surface area contributed by atoms with Crippen LogP contribution < -0.4 is 4.90 Å². The average Bonchev–Trinajstić information content (AvgIpc) is 3.51. The van der Waals surface area contributed by atoms with Gasteiger partial charge in [0.05, 0.1) is 6.04 Å². The van der Waals surface area contributed by atoms with Crippen molar-refractivity contribution in [3.05, 3.63) is 77.4 Å². The summed E-state index contributed by atoms with van der Waals surface area (Å²) in [6.45, 7) is 4.36. The number of nitrogens with one attached hydrogen (secondary N) is 1. The molecule has 2 aliphatic heterocycles. The van der Waals surface area contributed by atoms with Crippen LogP contribution >= 0.6 is 0 Å². The molecule has 5 heterocycles. The van der Waals surface area contributed by atoms with Crippen molar-refractivity contribution in [1.29, 1.82) is 0 Å². The molecule has 1 fully saturated rings. The lowest BCUT2D eigenvalue weighted by Gasteiger charge is -2.35. The number of aryl methyl sites for hydroxylation is 1. The van der Waals surface area contributed by atoms with Gasteiger partial charge in [-0.1, -0.05) is 6.07 Å². The number of likely N-dealkylation sites (tertiary alicyclic amines) is 1. The Morgan fingerprint density at radius 3 is 2.82 bits per heavy atom. The first-order valence-corrected chi connectivity index (χ1v) is 11.8. The van der Waals surface area contributed by atoms with Gasteiger partial charge in [0.15, 0.2) is 0 Å². The van der Waals surface area contributed by atoms with Crippen molar-refractivity contribution in [2.75, 3.05) is 18.0 Å². The van der Waals surface area contributed by atoms with Crippen molar-refractivity contribution >= 4 is 22.8 Å². The molecule has 1 amide bonds. The van der Waals surface area contributed by atoms with Gasteiger partial charge in [0.1, 0.15) is 5.65 Å². The number of pyridine rings is 2. The highest BCUT2D eigenvalue weighted by Gasteiger charge is 2.33. The molecule has 0 radical (unpaired) electrons. The number of aromatic amines is 1. The van der Waals surface area contributed by atoms with Gasteiger partial charge in [0.2, 0.25) is 0 Å². The monoisotopic (exact) mass is 453 g/mol. The SMILES string of the molecule is Cc1c[nH]c2ncc(-c3cc4c(c([C@@H]5CCCN5C(=O)O)c3)CN(c3ccncc3)CC4)cc12. The van der Waals surface area contributed by atoms with Gasteiger partial charge in [0.25, 0.3) is 0 Å². The van der Waals surface area contributed by atoms with Gasteiger partial charge in [-0.15, -0.1) is 0 Å². The van der Waals surface area contributed by atoms with Gasteiger partial charge >= 0.3 is 6.09 Å². The maximum Gasteiger partial charge on any atom is 0.407 e. The fraction of sp³-hybridized carbons (Fsp3) is 0.296. The molecular formula is C27H27N5O2. The van der Waals surface area contributed by atoms with Crippen LogP contribution in [0.5, 0.6) is 0 Å². The molecule has 0 spiro atoms. The maximum atomic E-state index is 12.0.